The number of methoxy groups -OCH3 is 1. The third kappa shape index (κ3) is 6.06. The molecule has 1 heterocycles. The molecule has 1 amide bonds. The van der Waals surface area contributed by atoms with E-state index in [0.717, 1.165) is 37.4 Å². The van der Waals surface area contributed by atoms with Crippen molar-refractivity contribution in [2.75, 3.05) is 57.2 Å². The van der Waals surface area contributed by atoms with Crippen molar-refractivity contribution >= 4 is 46.6 Å². The summed E-state index contributed by atoms with van der Waals surface area (Å²) in [5, 5.41) is 3.94. The molecule has 2 aromatic rings. The van der Waals surface area contributed by atoms with E-state index in [0.29, 0.717) is 33.8 Å². The van der Waals surface area contributed by atoms with E-state index < -0.39 is 0 Å². The van der Waals surface area contributed by atoms with Gasteiger partial charge < -0.3 is 24.6 Å². The topological polar surface area (TPSA) is 54.0 Å². The first kappa shape index (κ1) is 23.3. The maximum absolute atomic E-state index is 12.6. The minimum atomic E-state index is -0.262. The second kappa shape index (κ2) is 10.8. The lowest BCUT2D eigenvalue weighted by atomic mass is 10.1. The quantitative estimate of drug-likeness (QED) is 0.597. The van der Waals surface area contributed by atoms with Crippen molar-refractivity contribution in [2.45, 2.75) is 6.92 Å². The van der Waals surface area contributed by atoms with E-state index >= 15 is 0 Å². The Morgan fingerprint density at radius 2 is 1.90 bits per heavy atom. The fourth-order valence-corrected chi connectivity index (χ4v) is 3.89. The van der Waals surface area contributed by atoms with Gasteiger partial charge in [0.05, 0.1) is 30.1 Å². The highest BCUT2D eigenvalue weighted by Gasteiger charge is 2.18. The van der Waals surface area contributed by atoms with Crippen molar-refractivity contribution in [2.24, 2.45) is 0 Å². The average Bonchev–Trinajstić information content (AvgIpc) is 2.73. The Morgan fingerprint density at radius 3 is 2.58 bits per heavy atom. The number of nitrogens with one attached hydrogen (secondary N) is 1. The first-order valence-corrected chi connectivity index (χ1v) is 10.9. The van der Waals surface area contributed by atoms with Crippen LogP contribution in [-0.2, 0) is 4.79 Å². The first-order valence-electron chi connectivity index (χ1n) is 10.1. The zero-order valence-corrected chi connectivity index (χ0v) is 19.5. The van der Waals surface area contributed by atoms with Gasteiger partial charge in [-0.2, -0.15) is 0 Å². The third-order valence-corrected chi connectivity index (χ3v) is 5.54. The molecule has 2 aromatic carbocycles. The maximum atomic E-state index is 12.6. The molecule has 0 bridgehead atoms. The van der Waals surface area contributed by atoms with Crippen molar-refractivity contribution in [3.63, 3.8) is 0 Å². The Labute approximate surface area is 193 Å². The maximum Gasteiger partial charge on any atom is 0.248 e. The van der Waals surface area contributed by atoms with E-state index in [1.54, 1.807) is 24.3 Å². The van der Waals surface area contributed by atoms with Gasteiger partial charge in [0.1, 0.15) is 0 Å². The Bertz CT molecular complexity index is 957. The number of nitrogens with zero attached hydrogens (tertiary/aromatic N) is 2. The minimum absolute atomic E-state index is 0.262. The molecular formula is C23H27Cl2N3O3. The van der Waals surface area contributed by atoms with E-state index in [4.69, 9.17) is 32.7 Å². The molecule has 3 rings (SSSR count). The van der Waals surface area contributed by atoms with Crippen LogP contribution in [0.15, 0.2) is 36.4 Å². The summed E-state index contributed by atoms with van der Waals surface area (Å²) in [7, 11) is 3.64. The van der Waals surface area contributed by atoms with Crippen LogP contribution in [-0.4, -0.2) is 57.8 Å². The van der Waals surface area contributed by atoms with E-state index in [1.165, 1.54) is 13.2 Å². The largest absolute Gasteiger partial charge is 0.491 e. The van der Waals surface area contributed by atoms with Crippen molar-refractivity contribution in [3.05, 3.63) is 52.0 Å². The van der Waals surface area contributed by atoms with Gasteiger partial charge in [-0.15, -0.1) is 0 Å². The normalized spacial score (nSPS) is 14.7. The average molecular weight is 464 g/mol. The van der Waals surface area contributed by atoms with Crippen LogP contribution < -0.4 is 19.7 Å². The zero-order chi connectivity index (χ0) is 22.4. The molecule has 1 aliphatic rings. The van der Waals surface area contributed by atoms with Crippen LogP contribution in [0.4, 0.5) is 11.4 Å². The van der Waals surface area contributed by atoms with Crippen molar-refractivity contribution < 1.29 is 14.3 Å². The van der Waals surface area contributed by atoms with Gasteiger partial charge in [0.2, 0.25) is 5.91 Å². The number of rotatable bonds is 7. The summed E-state index contributed by atoms with van der Waals surface area (Å²) >= 11 is 12.5. The smallest absolute Gasteiger partial charge is 0.248 e. The molecule has 0 unspecified atom stereocenters. The monoisotopic (exact) mass is 463 g/mol. The highest BCUT2D eigenvalue weighted by molar-refractivity contribution is 6.32. The third-order valence-electron chi connectivity index (χ3n) is 5.02. The highest BCUT2D eigenvalue weighted by Crippen LogP contribution is 2.36. The van der Waals surface area contributed by atoms with Gasteiger partial charge in [0, 0.05) is 37.3 Å². The Balaban J connectivity index is 1.77. The lowest BCUT2D eigenvalue weighted by Gasteiger charge is -2.35. The first-order chi connectivity index (χ1) is 14.9. The number of ether oxygens (including phenoxy) is 2. The molecule has 0 atom stereocenters. The van der Waals surface area contributed by atoms with E-state index in [1.807, 2.05) is 19.1 Å². The lowest BCUT2D eigenvalue weighted by Crippen LogP contribution is -2.44. The molecule has 0 saturated carbocycles. The molecule has 1 N–H and O–H groups in total. The molecule has 0 spiro atoms. The summed E-state index contributed by atoms with van der Waals surface area (Å²) in [5.74, 6) is 0.744. The van der Waals surface area contributed by atoms with Crippen LogP contribution in [0.1, 0.15) is 12.5 Å². The van der Waals surface area contributed by atoms with Crippen molar-refractivity contribution in [1.82, 2.24) is 4.90 Å². The Morgan fingerprint density at radius 1 is 1.16 bits per heavy atom. The molecule has 1 saturated heterocycles. The molecule has 31 heavy (non-hydrogen) atoms. The SMILES string of the molecule is CCOc1cc(/C=C/C(=O)Nc2cc(Cl)ccc2N2CCN(C)CC2)cc(Cl)c1OC. The summed E-state index contributed by atoms with van der Waals surface area (Å²) in [6.45, 7) is 6.08. The fraction of sp³-hybridized carbons (Fsp3) is 0.348. The van der Waals surface area contributed by atoms with Crippen molar-refractivity contribution in [3.8, 4) is 11.5 Å². The number of hydrogen-bond acceptors (Lipinski definition) is 5. The number of amides is 1. The lowest BCUT2D eigenvalue weighted by molar-refractivity contribution is -0.111. The number of carbonyl (C=O) groups excluding carboxylic acids is 1. The van der Waals surface area contributed by atoms with Gasteiger partial charge in [-0.25, -0.2) is 0 Å². The predicted octanol–water partition coefficient (Wildman–Crippen LogP) is 4.80. The fourth-order valence-electron chi connectivity index (χ4n) is 3.42. The Kier molecular flexibility index (Phi) is 8.07. The molecular weight excluding hydrogens is 437 g/mol. The summed E-state index contributed by atoms with van der Waals surface area (Å²) in [6.07, 6.45) is 3.14. The van der Waals surface area contributed by atoms with Gasteiger partial charge in [-0.1, -0.05) is 23.2 Å². The van der Waals surface area contributed by atoms with Gasteiger partial charge in [0.15, 0.2) is 11.5 Å². The number of anilines is 2. The summed E-state index contributed by atoms with van der Waals surface area (Å²) < 4.78 is 10.9. The van der Waals surface area contributed by atoms with Gasteiger partial charge in [0.25, 0.3) is 0 Å². The van der Waals surface area contributed by atoms with Gasteiger partial charge in [-0.3, -0.25) is 4.79 Å². The predicted molar refractivity (Wildman–Crippen MR) is 128 cm³/mol. The molecule has 6 nitrogen and oxygen atoms in total. The summed E-state index contributed by atoms with van der Waals surface area (Å²) in [4.78, 5) is 17.2. The molecule has 0 aliphatic carbocycles. The second-order valence-corrected chi connectivity index (χ2v) is 8.09. The molecule has 1 aliphatic heterocycles. The number of piperazine rings is 1. The number of hydrogen-bond donors (Lipinski definition) is 1. The van der Waals surface area contributed by atoms with Crippen LogP contribution in [0, 0.1) is 0 Å². The molecule has 8 heteroatoms. The highest BCUT2D eigenvalue weighted by atomic mass is 35.5. The molecule has 1 fully saturated rings. The van der Waals surface area contributed by atoms with Crippen LogP contribution in [0.3, 0.4) is 0 Å². The Hall–Kier alpha value is -2.41. The van der Waals surface area contributed by atoms with Crippen LogP contribution in [0.25, 0.3) is 6.08 Å². The van der Waals surface area contributed by atoms with Crippen LogP contribution in [0.5, 0.6) is 11.5 Å². The van der Waals surface area contributed by atoms with Crippen LogP contribution in [0.2, 0.25) is 10.0 Å². The molecule has 166 valence electrons. The van der Waals surface area contributed by atoms with E-state index in [2.05, 4.69) is 22.2 Å². The summed E-state index contributed by atoms with van der Waals surface area (Å²) in [5.41, 5.74) is 2.38. The number of benzene rings is 2. The van der Waals surface area contributed by atoms with Crippen LogP contribution >= 0.6 is 23.2 Å². The number of carbonyl (C=O) groups is 1. The number of likely N-dealkylation sites (N-methyl/N-ethyl adjacent to an activating group) is 1. The van der Waals surface area contributed by atoms with Gasteiger partial charge >= 0.3 is 0 Å². The van der Waals surface area contributed by atoms with E-state index in [9.17, 15) is 4.79 Å². The van der Waals surface area contributed by atoms with Gasteiger partial charge in [-0.05, 0) is 55.9 Å². The zero-order valence-electron chi connectivity index (χ0n) is 18.0. The summed E-state index contributed by atoms with van der Waals surface area (Å²) in [6, 6.07) is 9.08. The number of halogens is 2. The minimum Gasteiger partial charge on any atom is -0.491 e. The second-order valence-electron chi connectivity index (χ2n) is 7.24. The van der Waals surface area contributed by atoms with Crippen molar-refractivity contribution in [1.29, 1.82) is 0 Å². The molecule has 0 aromatic heterocycles. The standard InChI is InChI=1S/C23H27Cl2N3O3/c1-4-31-21-14-16(13-18(25)23(21)30-3)5-8-22(29)26-19-15-17(24)6-7-20(19)28-11-9-27(2)10-12-28/h5-8,13-15H,4,9-12H2,1-3H3,(H,26,29)/b8-5+. The molecule has 0 radical (unpaired) electrons. The van der Waals surface area contributed by atoms with E-state index in [-0.39, 0.29) is 5.91 Å².